The number of carbonyl (C=O) groups is 1. The molecule has 1 saturated heterocycles. The van der Waals surface area contributed by atoms with Crippen molar-refractivity contribution < 1.29 is 13.2 Å². The van der Waals surface area contributed by atoms with E-state index in [2.05, 4.69) is 5.32 Å². The molecular formula is C16H24ClN3O3S. The highest BCUT2D eigenvalue weighted by Gasteiger charge is 2.33. The zero-order valence-corrected chi connectivity index (χ0v) is 15.6. The average molecular weight is 374 g/mol. The number of carbonyl (C=O) groups excluding carboxylic acids is 1. The molecule has 0 aromatic heterocycles. The summed E-state index contributed by atoms with van der Waals surface area (Å²) in [5.74, 6) is -0.374. The number of hydrogen-bond acceptors (Lipinski definition) is 3. The fourth-order valence-electron chi connectivity index (χ4n) is 2.72. The summed E-state index contributed by atoms with van der Waals surface area (Å²) >= 11 is 5.84. The molecule has 1 N–H and O–H groups in total. The molecule has 1 aliphatic rings. The zero-order valence-electron chi connectivity index (χ0n) is 14.0. The summed E-state index contributed by atoms with van der Waals surface area (Å²) in [6, 6.07) is 7.51. The van der Waals surface area contributed by atoms with E-state index in [0.29, 0.717) is 31.0 Å². The van der Waals surface area contributed by atoms with E-state index in [1.807, 2.05) is 24.3 Å². The van der Waals surface area contributed by atoms with E-state index < -0.39 is 10.2 Å². The van der Waals surface area contributed by atoms with Gasteiger partial charge in [0.2, 0.25) is 5.91 Å². The number of amides is 1. The minimum absolute atomic E-state index is 0.0809. The standard InChI is InChI=1S/C16H24ClN3O3S/c1-19(2)24(22,23)20-11-3-4-14(12-20)16(21)18-10-9-13-5-7-15(17)8-6-13/h5-8,14H,3-4,9-12H2,1-2H3,(H,18,21). The number of nitrogens with zero attached hydrogens (tertiary/aromatic N) is 2. The Labute approximate surface area is 149 Å². The molecule has 6 nitrogen and oxygen atoms in total. The van der Waals surface area contributed by atoms with Crippen LogP contribution >= 0.6 is 11.6 Å². The first-order chi connectivity index (χ1) is 11.3. The number of rotatable bonds is 6. The number of hydrogen-bond donors (Lipinski definition) is 1. The maximum atomic E-state index is 12.3. The van der Waals surface area contributed by atoms with Crippen LogP contribution in [0.1, 0.15) is 18.4 Å². The second-order valence-corrected chi connectivity index (χ2v) is 8.73. The Bertz CT molecular complexity index is 662. The van der Waals surface area contributed by atoms with Gasteiger partial charge in [0.25, 0.3) is 10.2 Å². The van der Waals surface area contributed by atoms with Crippen molar-refractivity contribution >= 4 is 27.7 Å². The summed E-state index contributed by atoms with van der Waals surface area (Å²) in [7, 11) is -0.450. The van der Waals surface area contributed by atoms with Crippen molar-refractivity contribution in [3.05, 3.63) is 34.9 Å². The molecule has 1 aromatic rings. The van der Waals surface area contributed by atoms with Gasteiger partial charge in [0, 0.05) is 38.8 Å². The average Bonchev–Trinajstić information content (AvgIpc) is 2.56. The molecule has 0 aliphatic carbocycles. The smallest absolute Gasteiger partial charge is 0.281 e. The fourth-order valence-corrected chi connectivity index (χ4v) is 4.04. The summed E-state index contributed by atoms with van der Waals surface area (Å²) in [4.78, 5) is 12.3. The lowest BCUT2D eigenvalue weighted by molar-refractivity contribution is -0.126. The molecule has 0 radical (unpaired) electrons. The molecule has 8 heteroatoms. The van der Waals surface area contributed by atoms with Gasteiger partial charge in [-0.3, -0.25) is 4.79 Å². The molecule has 1 unspecified atom stereocenters. The van der Waals surface area contributed by atoms with Gasteiger partial charge in [0.1, 0.15) is 0 Å². The van der Waals surface area contributed by atoms with Gasteiger partial charge in [0.15, 0.2) is 0 Å². The Morgan fingerprint density at radius 1 is 1.33 bits per heavy atom. The molecule has 1 aliphatic heterocycles. The van der Waals surface area contributed by atoms with Gasteiger partial charge in [-0.15, -0.1) is 0 Å². The molecule has 1 atom stereocenters. The third-order valence-electron chi connectivity index (χ3n) is 4.17. The van der Waals surface area contributed by atoms with E-state index in [9.17, 15) is 13.2 Å². The highest BCUT2D eigenvalue weighted by Crippen LogP contribution is 2.20. The Hall–Kier alpha value is -1.15. The van der Waals surface area contributed by atoms with Gasteiger partial charge in [-0.25, -0.2) is 0 Å². The molecule has 1 amide bonds. The van der Waals surface area contributed by atoms with E-state index in [-0.39, 0.29) is 18.4 Å². The Kier molecular flexibility index (Phi) is 6.62. The molecule has 0 saturated carbocycles. The minimum atomic E-state index is -3.46. The molecule has 0 spiro atoms. The summed E-state index contributed by atoms with van der Waals surface area (Å²) in [5, 5.41) is 3.60. The number of benzene rings is 1. The van der Waals surface area contributed by atoms with Gasteiger partial charge in [0.05, 0.1) is 5.92 Å². The number of halogens is 1. The monoisotopic (exact) mass is 373 g/mol. The first kappa shape index (κ1) is 19.2. The van der Waals surface area contributed by atoms with Gasteiger partial charge in [-0.05, 0) is 37.0 Å². The van der Waals surface area contributed by atoms with Gasteiger partial charge < -0.3 is 5.32 Å². The molecule has 1 heterocycles. The van der Waals surface area contributed by atoms with E-state index in [1.54, 1.807) is 0 Å². The van der Waals surface area contributed by atoms with Gasteiger partial charge in [-0.2, -0.15) is 17.0 Å². The van der Waals surface area contributed by atoms with Crippen molar-refractivity contribution in [2.24, 2.45) is 5.92 Å². The molecule has 2 rings (SSSR count). The highest BCUT2D eigenvalue weighted by atomic mass is 35.5. The van der Waals surface area contributed by atoms with Gasteiger partial charge >= 0.3 is 0 Å². The van der Waals surface area contributed by atoms with E-state index >= 15 is 0 Å². The van der Waals surface area contributed by atoms with E-state index in [1.165, 1.54) is 22.7 Å². The zero-order chi connectivity index (χ0) is 17.7. The van der Waals surface area contributed by atoms with Gasteiger partial charge in [-0.1, -0.05) is 23.7 Å². The number of nitrogens with one attached hydrogen (secondary N) is 1. The van der Waals surface area contributed by atoms with Crippen molar-refractivity contribution in [2.45, 2.75) is 19.3 Å². The van der Waals surface area contributed by atoms with Crippen molar-refractivity contribution in [2.75, 3.05) is 33.7 Å². The molecule has 24 heavy (non-hydrogen) atoms. The number of piperidine rings is 1. The second kappa shape index (κ2) is 8.29. The van der Waals surface area contributed by atoms with Crippen LogP contribution in [0.5, 0.6) is 0 Å². The van der Waals surface area contributed by atoms with Crippen molar-refractivity contribution in [1.82, 2.24) is 13.9 Å². The van der Waals surface area contributed by atoms with Crippen LogP contribution in [0.4, 0.5) is 0 Å². The lowest BCUT2D eigenvalue weighted by Gasteiger charge is -2.32. The van der Waals surface area contributed by atoms with E-state index in [4.69, 9.17) is 11.6 Å². The van der Waals surface area contributed by atoms with Crippen molar-refractivity contribution in [1.29, 1.82) is 0 Å². The Balaban J connectivity index is 1.84. The lowest BCUT2D eigenvalue weighted by atomic mass is 9.99. The van der Waals surface area contributed by atoms with Crippen LogP contribution in [0.2, 0.25) is 5.02 Å². The van der Waals surface area contributed by atoms with Crippen LogP contribution in [0.15, 0.2) is 24.3 Å². The predicted molar refractivity (Wildman–Crippen MR) is 95.1 cm³/mol. The molecule has 1 fully saturated rings. The topological polar surface area (TPSA) is 69.7 Å². The maximum absolute atomic E-state index is 12.3. The summed E-state index contributed by atoms with van der Waals surface area (Å²) < 4.78 is 27.0. The van der Waals surface area contributed by atoms with Crippen LogP contribution in [0, 0.1) is 5.92 Å². The normalized spacial score (nSPS) is 19.4. The lowest BCUT2D eigenvalue weighted by Crippen LogP contribution is -2.49. The maximum Gasteiger partial charge on any atom is 0.281 e. The third kappa shape index (κ3) is 4.92. The third-order valence-corrected chi connectivity index (χ3v) is 6.33. The highest BCUT2D eigenvalue weighted by molar-refractivity contribution is 7.86. The summed E-state index contributed by atoms with van der Waals surface area (Å²) in [6.07, 6.45) is 2.13. The van der Waals surface area contributed by atoms with Crippen molar-refractivity contribution in [3.8, 4) is 0 Å². The summed E-state index contributed by atoms with van der Waals surface area (Å²) in [5.41, 5.74) is 1.10. The summed E-state index contributed by atoms with van der Waals surface area (Å²) in [6.45, 7) is 1.24. The minimum Gasteiger partial charge on any atom is -0.355 e. The van der Waals surface area contributed by atoms with E-state index in [0.717, 1.165) is 12.0 Å². The van der Waals surface area contributed by atoms with Crippen LogP contribution in [0.25, 0.3) is 0 Å². The molecule has 0 bridgehead atoms. The van der Waals surface area contributed by atoms with Crippen molar-refractivity contribution in [3.63, 3.8) is 0 Å². The van der Waals surface area contributed by atoms with Crippen LogP contribution in [0.3, 0.4) is 0 Å². The first-order valence-electron chi connectivity index (χ1n) is 8.00. The Morgan fingerprint density at radius 2 is 2.00 bits per heavy atom. The van der Waals surface area contributed by atoms with Crippen LogP contribution < -0.4 is 5.32 Å². The Morgan fingerprint density at radius 3 is 2.62 bits per heavy atom. The fraction of sp³-hybridized carbons (Fsp3) is 0.562. The van der Waals surface area contributed by atoms with Crippen LogP contribution in [-0.2, 0) is 21.4 Å². The SMILES string of the molecule is CN(C)S(=O)(=O)N1CCCC(C(=O)NCCc2ccc(Cl)cc2)C1. The second-order valence-electron chi connectivity index (χ2n) is 6.15. The quantitative estimate of drug-likeness (QED) is 0.821. The molecule has 134 valence electrons. The largest absolute Gasteiger partial charge is 0.355 e. The molecular weight excluding hydrogens is 350 g/mol. The molecule has 1 aromatic carbocycles. The van der Waals surface area contributed by atoms with Crippen LogP contribution in [-0.4, -0.2) is 56.7 Å². The predicted octanol–water partition coefficient (Wildman–Crippen LogP) is 1.52. The first-order valence-corrected chi connectivity index (χ1v) is 9.78.